The minimum absolute atomic E-state index is 0.0425. The van der Waals surface area contributed by atoms with E-state index in [4.69, 9.17) is 20.8 Å². The van der Waals surface area contributed by atoms with Crippen molar-refractivity contribution in [2.75, 3.05) is 0 Å². The van der Waals surface area contributed by atoms with Gasteiger partial charge < -0.3 is 9.15 Å². The average Bonchev–Trinajstić information content (AvgIpc) is 2.90. The summed E-state index contributed by atoms with van der Waals surface area (Å²) in [4.78, 5) is 28.8. The number of fused-ring (bicyclic) bond motifs is 1. The number of esters is 1. The molecular formula is C18H16ClNO4S. The van der Waals surface area contributed by atoms with Gasteiger partial charge in [0.1, 0.15) is 17.1 Å². The van der Waals surface area contributed by atoms with Crippen molar-refractivity contribution in [3.8, 4) is 0 Å². The number of hydrogen-bond acceptors (Lipinski definition) is 6. The fourth-order valence-electron chi connectivity index (χ4n) is 2.61. The molecule has 0 fully saturated rings. The van der Waals surface area contributed by atoms with E-state index in [9.17, 15) is 9.59 Å². The maximum absolute atomic E-state index is 12.3. The van der Waals surface area contributed by atoms with Gasteiger partial charge in [0, 0.05) is 22.0 Å². The molecule has 0 saturated heterocycles. The molecule has 1 aromatic carbocycles. The number of carbonyl (C=O) groups excluding carboxylic acids is 1. The first-order valence-corrected chi connectivity index (χ1v) is 8.94. The third-order valence-electron chi connectivity index (χ3n) is 3.83. The van der Waals surface area contributed by atoms with Crippen LogP contribution in [0.25, 0.3) is 11.0 Å². The number of aryl methyl sites for hydroxylation is 3. The number of hydrogen-bond donors (Lipinski definition) is 0. The zero-order chi connectivity index (χ0) is 18.1. The molecule has 0 bridgehead atoms. The lowest BCUT2D eigenvalue weighted by atomic mass is 10.1. The Kier molecular flexibility index (Phi) is 4.92. The summed E-state index contributed by atoms with van der Waals surface area (Å²) >= 11 is 7.55. The molecule has 130 valence electrons. The Morgan fingerprint density at radius 1 is 1.28 bits per heavy atom. The van der Waals surface area contributed by atoms with Crippen LogP contribution in [0.2, 0.25) is 5.02 Å². The van der Waals surface area contributed by atoms with Crippen LogP contribution in [0.3, 0.4) is 0 Å². The molecule has 0 atom stereocenters. The quantitative estimate of drug-likeness (QED) is 0.496. The van der Waals surface area contributed by atoms with Gasteiger partial charge in [-0.25, -0.2) is 14.6 Å². The van der Waals surface area contributed by atoms with Crippen molar-refractivity contribution < 1.29 is 13.9 Å². The third-order valence-corrected chi connectivity index (χ3v) is 5.23. The summed E-state index contributed by atoms with van der Waals surface area (Å²) in [5.74, 6) is -0.458. The van der Waals surface area contributed by atoms with Crippen LogP contribution in [0.5, 0.6) is 0 Å². The number of aromatic nitrogens is 1. The molecule has 3 aromatic rings. The largest absolute Gasteiger partial charge is 0.457 e. The van der Waals surface area contributed by atoms with Gasteiger partial charge in [0.25, 0.3) is 0 Å². The molecule has 0 spiro atoms. The molecule has 0 radical (unpaired) electrons. The standard InChI is InChI=1S/C18H16ClNO4S/c1-4-11-5-15-13(7-14(11)19)12(6-16(21)24-15)8-23-18(22)17-9(2)20-10(3)25-17/h5-7H,4,8H2,1-3H3. The number of carbonyl (C=O) groups is 1. The minimum atomic E-state index is -0.493. The van der Waals surface area contributed by atoms with Gasteiger partial charge in [-0.2, -0.15) is 0 Å². The number of nitrogens with zero attached hydrogens (tertiary/aromatic N) is 1. The molecule has 2 heterocycles. The Labute approximate surface area is 153 Å². The summed E-state index contributed by atoms with van der Waals surface area (Å²) in [5.41, 5.74) is 2.03. The molecule has 0 N–H and O–H groups in total. The molecule has 0 aliphatic carbocycles. The van der Waals surface area contributed by atoms with Crippen LogP contribution >= 0.6 is 22.9 Å². The van der Waals surface area contributed by atoms with E-state index in [0.29, 0.717) is 32.1 Å². The maximum atomic E-state index is 12.3. The van der Waals surface area contributed by atoms with Crippen LogP contribution < -0.4 is 5.63 Å². The monoisotopic (exact) mass is 377 g/mol. The van der Waals surface area contributed by atoms with E-state index in [1.807, 2.05) is 13.8 Å². The van der Waals surface area contributed by atoms with Gasteiger partial charge in [-0.15, -0.1) is 11.3 Å². The molecule has 0 unspecified atom stereocenters. The summed E-state index contributed by atoms with van der Waals surface area (Å²) in [6.07, 6.45) is 0.724. The summed E-state index contributed by atoms with van der Waals surface area (Å²) < 4.78 is 10.6. The molecule has 0 amide bonds. The van der Waals surface area contributed by atoms with E-state index in [2.05, 4.69) is 4.98 Å². The lowest BCUT2D eigenvalue weighted by Gasteiger charge is -2.09. The number of rotatable bonds is 4. The highest BCUT2D eigenvalue weighted by Crippen LogP contribution is 2.27. The molecule has 3 rings (SSSR count). The third kappa shape index (κ3) is 3.60. The highest BCUT2D eigenvalue weighted by atomic mass is 35.5. The number of halogens is 1. The highest BCUT2D eigenvalue weighted by molar-refractivity contribution is 7.13. The van der Waals surface area contributed by atoms with Crippen LogP contribution in [0, 0.1) is 13.8 Å². The van der Waals surface area contributed by atoms with Gasteiger partial charge in [-0.1, -0.05) is 18.5 Å². The van der Waals surface area contributed by atoms with Crippen molar-refractivity contribution in [3.05, 3.63) is 60.3 Å². The first-order valence-electron chi connectivity index (χ1n) is 7.75. The van der Waals surface area contributed by atoms with Crippen LogP contribution in [-0.2, 0) is 17.8 Å². The van der Waals surface area contributed by atoms with Crippen molar-refractivity contribution in [1.29, 1.82) is 0 Å². The Balaban J connectivity index is 1.93. The molecule has 0 saturated carbocycles. The average molecular weight is 378 g/mol. The summed E-state index contributed by atoms with van der Waals surface area (Å²) in [6, 6.07) is 4.81. The summed E-state index contributed by atoms with van der Waals surface area (Å²) in [7, 11) is 0. The zero-order valence-corrected chi connectivity index (χ0v) is 15.6. The van der Waals surface area contributed by atoms with Crippen molar-refractivity contribution in [2.45, 2.75) is 33.8 Å². The van der Waals surface area contributed by atoms with Crippen molar-refractivity contribution >= 4 is 39.9 Å². The maximum Gasteiger partial charge on any atom is 0.350 e. The minimum Gasteiger partial charge on any atom is -0.457 e. The molecule has 25 heavy (non-hydrogen) atoms. The van der Waals surface area contributed by atoms with Crippen molar-refractivity contribution in [3.63, 3.8) is 0 Å². The Morgan fingerprint density at radius 3 is 2.68 bits per heavy atom. The summed E-state index contributed by atoms with van der Waals surface area (Å²) in [5, 5.41) is 2.05. The van der Waals surface area contributed by atoms with Crippen LogP contribution in [0.4, 0.5) is 0 Å². The highest BCUT2D eigenvalue weighted by Gasteiger charge is 2.17. The van der Waals surface area contributed by atoms with Crippen LogP contribution in [0.15, 0.2) is 27.4 Å². The predicted molar refractivity (Wildman–Crippen MR) is 97.6 cm³/mol. The van der Waals surface area contributed by atoms with Crippen molar-refractivity contribution in [2.24, 2.45) is 0 Å². The normalized spacial score (nSPS) is 11.0. The van der Waals surface area contributed by atoms with E-state index < -0.39 is 11.6 Å². The topological polar surface area (TPSA) is 69.4 Å². The van der Waals surface area contributed by atoms with Crippen LogP contribution in [-0.4, -0.2) is 11.0 Å². The molecule has 2 aromatic heterocycles. The van der Waals surface area contributed by atoms with Gasteiger partial charge in [0.2, 0.25) is 0 Å². The second-order valence-electron chi connectivity index (χ2n) is 5.61. The lowest BCUT2D eigenvalue weighted by molar-refractivity contribution is 0.0478. The molecule has 5 nitrogen and oxygen atoms in total. The van der Waals surface area contributed by atoms with Gasteiger partial charge in [-0.05, 0) is 38.0 Å². The van der Waals surface area contributed by atoms with E-state index in [0.717, 1.165) is 17.0 Å². The Bertz CT molecular complexity index is 1020. The fourth-order valence-corrected chi connectivity index (χ4v) is 3.72. The van der Waals surface area contributed by atoms with Gasteiger partial charge in [0.15, 0.2) is 0 Å². The van der Waals surface area contributed by atoms with Gasteiger partial charge in [-0.3, -0.25) is 0 Å². The second-order valence-corrected chi connectivity index (χ2v) is 7.22. The lowest BCUT2D eigenvalue weighted by Crippen LogP contribution is -2.08. The van der Waals surface area contributed by atoms with E-state index >= 15 is 0 Å². The molecule has 0 aliphatic heterocycles. The fraction of sp³-hybridized carbons (Fsp3) is 0.278. The zero-order valence-electron chi connectivity index (χ0n) is 14.0. The summed E-state index contributed by atoms with van der Waals surface area (Å²) in [6.45, 7) is 5.52. The first-order chi connectivity index (χ1) is 11.9. The van der Waals surface area contributed by atoms with E-state index in [1.165, 1.54) is 17.4 Å². The van der Waals surface area contributed by atoms with Gasteiger partial charge in [0.05, 0.1) is 10.7 Å². The Hall–Kier alpha value is -2.18. The number of ether oxygens (including phenoxy) is 1. The smallest absolute Gasteiger partial charge is 0.350 e. The van der Waals surface area contributed by atoms with E-state index in [-0.39, 0.29) is 6.61 Å². The number of benzene rings is 1. The molecule has 7 heteroatoms. The number of thiazole rings is 1. The van der Waals surface area contributed by atoms with Gasteiger partial charge >= 0.3 is 11.6 Å². The van der Waals surface area contributed by atoms with E-state index in [1.54, 1.807) is 19.1 Å². The predicted octanol–water partition coefficient (Wildman–Crippen LogP) is 4.44. The van der Waals surface area contributed by atoms with Crippen molar-refractivity contribution in [1.82, 2.24) is 4.98 Å². The first kappa shape index (κ1) is 17.6. The molecular weight excluding hydrogens is 362 g/mol. The molecule has 0 aliphatic rings. The SMILES string of the molecule is CCc1cc2oc(=O)cc(COC(=O)c3sc(C)nc3C)c2cc1Cl. The Morgan fingerprint density at radius 2 is 2.04 bits per heavy atom. The second kappa shape index (κ2) is 6.98. The van der Waals surface area contributed by atoms with Crippen LogP contribution in [0.1, 0.15) is 38.4 Å².